The molecule has 0 radical (unpaired) electrons. The van der Waals surface area contributed by atoms with Crippen LogP contribution in [0.2, 0.25) is 0 Å². The van der Waals surface area contributed by atoms with Gasteiger partial charge in [0.1, 0.15) is 5.56 Å². The zero-order chi connectivity index (χ0) is 22.3. The number of carbonyl (C=O) groups excluding carboxylic acids is 2. The van der Waals surface area contributed by atoms with Crippen molar-refractivity contribution >= 4 is 23.4 Å². The smallest absolute Gasteiger partial charge is 0.343 e. The Morgan fingerprint density at radius 1 is 0.938 bits per heavy atom. The van der Waals surface area contributed by atoms with Gasteiger partial charge in [0.2, 0.25) is 5.91 Å². The number of ether oxygens (including phenoxy) is 1. The Bertz CT molecular complexity index is 1040. The molecule has 32 heavy (non-hydrogen) atoms. The van der Waals surface area contributed by atoms with Gasteiger partial charge in [0.05, 0.1) is 25.0 Å². The SMILES string of the molecule is CCOC(=O)c1cnn(-c2ccccc2)c1NC(=O)CN1CCN(c2ccccc2)CC1. The maximum atomic E-state index is 12.9. The predicted molar refractivity (Wildman–Crippen MR) is 123 cm³/mol. The van der Waals surface area contributed by atoms with E-state index in [9.17, 15) is 9.59 Å². The van der Waals surface area contributed by atoms with Gasteiger partial charge in [-0.25, -0.2) is 9.48 Å². The van der Waals surface area contributed by atoms with Crippen molar-refractivity contribution in [1.82, 2.24) is 14.7 Å². The minimum Gasteiger partial charge on any atom is -0.462 e. The van der Waals surface area contributed by atoms with Crippen LogP contribution in [0.25, 0.3) is 5.69 Å². The molecule has 0 atom stereocenters. The summed E-state index contributed by atoms with van der Waals surface area (Å²) >= 11 is 0. The van der Waals surface area contributed by atoms with Gasteiger partial charge in [-0.05, 0) is 31.2 Å². The molecular formula is C24H27N5O3. The molecule has 8 nitrogen and oxygen atoms in total. The molecule has 0 spiro atoms. The van der Waals surface area contributed by atoms with Gasteiger partial charge >= 0.3 is 5.97 Å². The lowest BCUT2D eigenvalue weighted by molar-refractivity contribution is -0.117. The first-order chi connectivity index (χ1) is 15.7. The normalized spacial score (nSPS) is 14.2. The van der Waals surface area contributed by atoms with Crippen molar-refractivity contribution < 1.29 is 14.3 Å². The summed E-state index contributed by atoms with van der Waals surface area (Å²) in [7, 11) is 0. The molecule has 8 heteroatoms. The van der Waals surface area contributed by atoms with Crippen molar-refractivity contribution in [2.45, 2.75) is 6.92 Å². The summed E-state index contributed by atoms with van der Waals surface area (Å²) < 4.78 is 6.70. The number of amides is 1. The molecule has 1 aromatic heterocycles. The number of para-hydroxylation sites is 2. The first kappa shape index (κ1) is 21.6. The molecule has 166 valence electrons. The Morgan fingerprint density at radius 3 is 2.19 bits per heavy atom. The van der Waals surface area contributed by atoms with Crippen LogP contribution in [0, 0.1) is 0 Å². The van der Waals surface area contributed by atoms with E-state index in [4.69, 9.17) is 4.74 Å². The van der Waals surface area contributed by atoms with Crippen LogP contribution in [0.5, 0.6) is 0 Å². The van der Waals surface area contributed by atoms with E-state index < -0.39 is 5.97 Å². The van der Waals surface area contributed by atoms with Crippen LogP contribution < -0.4 is 10.2 Å². The van der Waals surface area contributed by atoms with E-state index >= 15 is 0 Å². The Kier molecular flexibility index (Phi) is 6.81. The van der Waals surface area contributed by atoms with Crippen molar-refractivity contribution in [1.29, 1.82) is 0 Å². The summed E-state index contributed by atoms with van der Waals surface area (Å²) in [6.07, 6.45) is 1.43. The van der Waals surface area contributed by atoms with Crippen molar-refractivity contribution in [3.63, 3.8) is 0 Å². The summed E-state index contributed by atoms with van der Waals surface area (Å²) in [5.41, 5.74) is 2.18. The van der Waals surface area contributed by atoms with Crippen LogP contribution >= 0.6 is 0 Å². The van der Waals surface area contributed by atoms with E-state index in [1.807, 2.05) is 48.5 Å². The number of esters is 1. The molecular weight excluding hydrogens is 406 g/mol. The highest BCUT2D eigenvalue weighted by molar-refractivity contribution is 6.01. The fraction of sp³-hybridized carbons (Fsp3) is 0.292. The molecule has 0 saturated carbocycles. The maximum absolute atomic E-state index is 12.9. The van der Waals surface area contributed by atoms with E-state index in [1.54, 1.807) is 11.6 Å². The van der Waals surface area contributed by atoms with E-state index in [0.29, 0.717) is 5.82 Å². The van der Waals surface area contributed by atoms with Crippen molar-refractivity contribution in [3.05, 3.63) is 72.4 Å². The number of anilines is 2. The molecule has 2 heterocycles. The van der Waals surface area contributed by atoms with E-state index in [0.717, 1.165) is 31.9 Å². The molecule has 0 unspecified atom stereocenters. The van der Waals surface area contributed by atoms with Crippen molar-refractivity contribution in [3.8, 4) is 5.69 Å². The molecule has 1 N–H and O–H groups in total. The summed E-state index contributed by atoms with van der Waals surface area (Å²) in [6, 6.07) is 19.6. The van der Waals surface area contributed by atoms with E-state index in [-0.39, 0.29) is 24.6 Å². The molecule has 1 fully saturated rings. The molecule has 1 saturated heterocycles. The number of rotatable bonds is 7. The minimum absolute atomic E-state index is 0.193. The Morgan fingerprint density at radius 2 is 1.56 bits per heavy atom. The van der Waals surface area contributed by atoms with Gasteiger partial charge in [-0.3, -0.25) is 9.69 Å². The second-order valence-corrected chi connectivity index (χ2v) is 7.52. The van der Waals surface area contributed by atoms with E-state index in [1.165, 1.54) is 11.9 Å². The second-order valence-electron chi connectivity index (χ2n) is 7.52. The van der Waals surface area contributed by atoms with Crippen molar-refractivity contribution in [2.75, 3.05) is 49.5 Å². The number of hydrogen-bond donors (Lipinski definition) is 1. The Hall–Kier alpha value is -3.65. The fourth-order valence-electron chi connectivity index (χ4n) is 3.77. The highest BCUT2D eigenvalue weighted by atomic mass is 16.5. The first-order valence-corrected chi connectivity index (χ1v) is 10.8. The standard InChI is InChI=1S/C24H27N5O3/c1-2-32-24(31)21-17-25-29(20-11-7-4-8-12-20)23(21)26-22(30)18-27-13-15-28(16-14-27)19-9-5-3-6-10-19/h3-12,17H,2,13-16,18H2,1H3,(H,26,30). The van der Waals surface area contributed by atoms with Crippen LogP contribution in [0.1, 0.15) is 17.3 Å². The third-order valence-corrected chi connectivity index (χ3v) is 5.38. The number of benzene rings is 2. The molecule has 1 aliphatic heterocycles. The molecule has 0 bridgehead atoms. The van der Waals surface area contributed by atoms with Gasteiger partial charge in [-0.1, -0.05) is 36.4 Å². The number of aromatic nitrogens is 2. The average Bonchev–Trinajstić information content (AvgIpc) is 3.24. The van der Waals surface area contributed by atoms with Crippen LogP contribution in [-0.4, -0.2) is 65.9 Å². The van der Waals surface area contributed by atoms with Gasteiger partial charge in [0, 0.05) is 31.9 Å². The lowest BCUT2D eigenvalue weighted by atomic mass is 10.2. The summed E-state index contributed by atoms with van der Waals surface area (Å²) in [4.78, 5) is 29.7. The van der Waals surface area contributed by atoms with Crippen LogP contribution in [0.15, 0.2) is 66.9 Å². The van der Waals surface area contributed by atoms with Gasteiger partial charge in [0.15, 0.2) is 5.82 Å². The third kappa shape index (κ3) is 4.97. The fourth-order valence-corrected chi connectivity index (χ4v) is 3.77. The number of carbonyl (C=O) groups is 2. The van der Waals surface area contributed by atoms with Crippen LogP contribution in [-0.2, 0) is 9.53 Å². The maximum Gasteiger partial charge on any atom is 0.343 e. The number of nitrogens with one attached hydrogen (secondary N) is 1. The first-order valence-electron chi connectivity index (χ1n) is 10.8. The van der Waals surface area contributed by atoms with E-state index in [2.05, 4.69) is 32.3 Å². The van der Waals surface area contributed by atoms with Gasteiger partial charge < -0.3 is 15.0 Å². The number of hydrogen-bond acceptors (Lipinski definition) is 6. The summed E-state index contributed by atoms with van der Waals surface area (Å²) in [5.74, 6) is -0.384. The van der Waals surface area contributed by atoms with Gasteiger partial charge in [-0.2, -0.15) is 5.10 Å². The average molecular weight is 434 g/mol. The zero-order valence-corrected chi connectivity index (χ0v) is 18.1. The minimum atomic E-state index is -0.513. The zero-order valence-electron chi connectivity index (χ0n) is 18.1. The predicted octanol–water partition coefficient (Wildman–Crippen LogP) is 2.81. The van der Waals surface area contributed by atoms with Crippen LogP contribution in [0.4, 0.5) is 11.5 Å². The third-order valence-electron chi connectivity index (χ3n) is 5.38. The molecule has 1 amide bonds. The molecule has 1 aliphatic rings. The highest BCUT2D eigenvalue weighted by Crippen LogP contribution is 2.22. The molecule has 3 aromatic rings. The van der Waals surface area contributed by atoms with Gasteiger partial charge in [0.25, 0.3) is 0 Å². The summed E-state index contributed by atoms with van der Waals surface area (Å²) in [6.45, 7) is 5.50. The number of nitrogens with zero attached hydrogens (tertiary/aromatic N) is 4. The molecule has 0 aliphatic carbocycles. The van der Waals surface area contributed by atoms with Crippen molar-refractivity contribution in [2.24, 2.45) is 0 Å². The lowest BCUT2D eigenvalue weighted by Crippen LogP contribution is -2.48. The monoisotopic (exact) mass is 433 g/mol. The second kappa shape index (κ2) is 10.1. The highest BCUT2D eigenvalue weighted by Gasteiger charge is 2.24. The summed E-state index contributed by atoms with van der Waals surface area (Å²) in [5, 5.41) is 7.21. The molecule has 4 rings (SSSR count). The number of piperazine rings is 1. The lowest BCUT2D eigenvalue weighted by Gasteiger charge is -2.35. The Balaban J connectivity index is 1.43. The van der Waals surface area contributed by atoms with Crippen LogP contribution in [0.3, 0.4) is 0 Å². The topological polar surface area (TPSA) is 79.7 Å². The van der Waals surface area contributed by atoms with Gasteiger partial charge in [-0.15, -0.1) is 0 Å². The molecule has 2 aromatic carbocycles. The Labute approximate surface area is 187 Å². The largest absolute Gasteiger partial charge is 0.462 e. The quantitative estimate of drug-likeness (QED) is 0.577.